The number of Topliss-reactive ketones (excluding diaryl/α,β-unsaturated/α-hetero) is 2. The first-order valence-electron chi connectivity index (χ1n) is 18.6. The Balaban J connectivity index is 0. The van der Waals surface area contributed by atoms with E-state index in [1.54, 1.807) is 24.8 Å². The number of pyridine rings is 2. The summed E-state index contributed by atoms with van der Waals surface area (Å²) in [5.41, 5.74) is 6.26. The molecule has 0 aliphatic carbocycles. The van der Waals surface area contributed by atoms with Crippen molar-refractivity contribution in [2.75, 3.05) is 7.11 Å². The van der Waals surface area contributed by atoms with E-state index in [2.05, 4.69) is 14.7 Å². The van der Waals surface area contributed by atoms with Gasteiger partial charge in [-0.3, -0.25) is 24.4 Å². The molecule has 0 aliphatic heterocycles. The Labute approximate surface area is 308 Å². The first-order valence-corrected chi connectivity index (χ1v) is 18.6. The summed E-state index contributed by atoms with van der Waals surface area (Å²) >= 11 is 0. The number of nitrogens with zero attached hydrogens (tertiary/aromatic N) is 2. The van der Waals surface area contributed by atoms with Crippen LogP contribution in [0.5, 0.6) is 0 Å². The van der Waals surface area contributed by atoms with Crippen LogP contribution >= 0.6 is 0 Å². The Bertz CT molecular complexity index is 1390. The summed E-state index contributed by atoms with van der Waals surface area (Å²) in [5, 5.41) is 8.97. The molecule has 0 radical (unpaired) electrons. The van der Waals surface area contributed by atoms with Crippen LogP contribution in [0.25, 0.3) is 0 Å². The first-order chi connectivity index (χ1) is 24.9. The Morgan fingerprint density at radius 2 is 0.843 bits per heavy atom. The summed E-state index contributed by atoms with van der Waals surface area (Å²) in [6, 6.07) is 23.2. The number of benzene rings is 2. The number of carbonyl (C=O) groups excluding carboxylic acids is 3. The van der Waals surface area contributed by atoms with Gasteiger partial charge in [0, 0.05) is 50.5 Å². The maximum absolute atomic E-state index is 12.0. The number of methoxy groups -OCH3 is 1. The van der Waals surface area contributed by atoms with Gasteiger partial charge in [-0.25, -0.2) is 0 Å². The van der Waals surface area contributed by atoms with Crippen LogP contribution < -0.4 is 0 Å². The number of rotatable bonds is 15. The molecule has 2 heterocycles. The molecule has 0 fully saturated rings. The van der Waals surface area contributed by atoms with Crippen molar-refractivity contribution in [1.29, 1.82) is 0 Å². The van der Waals surface area contributed by atoms with Crippen molar-refractivity contribution < 1.29 is 24.2 Å². The van der Waals surface area contributed by atoms with Crippen LogP contribution in [0.15, 0.2) is 97.6 Å². The fraction of sp³-hybridized carbons (Fsp3) is 0.432. The minimum absolute atomic E-state index is 0.0598. The van der Waals surface area contributed by atoms with Crippen molar-refractivity contribution in [2.45, 2.75) is 120 Å². The highest BCUT2D eigenvalue weighted by Gasteiger charge is 2.06. The highest BCUT2D eigenvalue weighted by Crippen LogP contribution is 2.11. The van der Waals surface area contributed by atoms with E-state index in [1.807, 2.05) is 128 Å². The molecule has 0 unspecified atom stereocenters. The second kappa shape index (κ2) is 34.0. The van der Waals surface area contributed by atoms with Gasteiger partial charge in [0.2, 0.25) is 0 Å². The summed E-state index contributed by atoms with van der Waals surface area (Å²) in [6.07, 6.45) is 12.6. The molecule has 0 spiro atoms. The molecule has 4 aromatic rings. The molecular formula is C44H64N2O5. The third-order valence-electron chi connectivity index (χ3n) is 7.02. The van der Waals surface area contributed by atoms with Crippen LogP contribution in [-0.2, 0) is 57.8 Å². The van der Waals surface area contributed by atoms with E-state index in [-0.39, 0.29) is 30.6 Å². The monoisotopic (exact) mass is 700 g/mol. The number of hydrogen-bond donors (Lipinski definition) is 1. The molecule has 0 bridgehead atoms. The number of esters is 1. The maximum atomic E-state index is 12.0. The number of aliphatic hydroxyl groups excluding tert-OH is 1. The van der Waals surface area contributed by atoms with Gasteiger partial charge in [0.25, 0.3) is 0 Å². The zero-order valence-electron chi connectivity index (χ0n) is 32.8. The third kappa shape index (κ3) is 24.3. The lowest BCUT2D eigenvalue weighted by Gasteiger charge is -2.04. The summed E-state index contributed by atoms with van der Waals surface area (Å²) < 4.78 is 4.64. The van der Waals surface area contributed by atoms with E-state index in [1.165, 1.54) is 7.11 Å². The molecule has 7 nitrogen and oxygen atoms in total. The smallest absolute Gasteiger partial charge is 0.309 e. The van der Waals surface area contributed by atoms with Gasteiger partial charge < -0.3 is 9.84 Å². The lowest BCUT2D eigenvalue weighted by Crippen LogP contribution is -2.05. The van der Waals surface area contributed by atoms with Gasteiger partial charge in [-0.05, 0) is 71.2 Å². The Morgan fingerprint density at radius 1 is 0.510 bits per heavy atom. The molecular weight excluding hydrogens is 636 g/mol. The van der Waals surface area contributed by atoms with Gasteiger partial charge in [0.15, 0.2) is 0 Å². The average molecular weight is 701 g/mol. The van der Waals surface area contributed by atoms with Crippen molar-refractivity contribution in [3.63, 3.8) is 0 Å². The zero-order valence-corrected chi connectivity index (χ0v) is 32.8. The predicted octanol–water partition coefficient (Wildman–Crippen LogP) is 9.74. The van der Waals surface area contributed by atoms with E-state index in [0.717, 1.165) is 59.1 Å². The Kier molecular flexibility index (Phi) is 32.4. The lowest BCUT2D eigenvalue weighted by molar-refractivity contribution is -0.139. The minimum atomic E-state index is -0.247. The van der Waals surface area contributed by atoms with Gasteiger partial charge >= 0.3 is 5.97 Å². The molecule has 0 saturated carbocycles. The molecule has 0 atom stereocenters. The molecule has 2 aromatic heterocycles. The topological polar surface area (TPSA) is 106 Å². The molecule has 51 heavy (non-hydrogen) atoms. The van der Waals surface area contributed by atoms with Crippen LogP contribution in [0.2, 0.25) is 0 Å². The number of ether oxygens (including phenoxy) is 1. The molecule has 7 heteroatoms. The molecule has 2 aromatic carbocycles. The number of aliphatic hydroxyl groups is 1. The van der Waals surface area contributed by atoms with Gasteiger partial charge in [0.1, 0.15) is 11.6 Å². The quantitative estimate of drug-likeness (QED) is 0.123. The van der Waals surface area contributed by atoms with Crippen LogP contribution in [0, 0.1) is 0 Å². The summed E-state index contributed by atoms with van der Waals surface area (Å²) in [4.78, 5) is 43.1. The standard InChI is InChI=1S/C19H21NO3.C17H19NO2.4C2H6/c1-23-19(22)13-16-6-4-15(5-7-16)8-10-18(21)11-9-17-3-2-12-20-14-17;19-13-16-5-3-14(4-6-16)7-9-17(20)10-8-15-2-1-11-18-12-15;4*1-2/h2-7,12,14H,8-11,13H2,1H3;1-6,11-12,19H,7-10,13H2;4*1-2H3. The van der Waals surface area contributed by atoms with Crippen molar-refractivity contribution in [3.05, 3.63) is 131 Å². The Morgan fingerprint density at radius 3 is 1.16 bits per heavy atom. The Hall–Kier alpha value is -4.49. The molecule has 4 rings (SSSR count). The fourth-order valence-electron chi connectivity index (χ4n) is 4.35. The van der Waals surface area contributed by atoms with Gasteiger partial charge in [-0.1, -0.05) is 116 Å². The molecule has 1 N–H and O–H groups in total. The van der Waals surface area contributed by atoms with Gasteiger partial charge in [-0.15, -0.1) is 0 Å². The fourth-order valence-corrected chi connectivity index (χ4v) is 4.35. The molecule has 0 saturated heterocycles. The lowest BCUT2D eigenvalue weighted by atomic mass is 10.0. The highest BCUT2D eigenvalue weighted by atomic mass is 16.5. The second-order valence-electron chi connectivity index (χ2n) is 10.3. The van der Waals surface area contributed by atoms with Crippen LogP contribution in [0.1, 0.15) is 114 Å². The number of carbonyl (C=O) groups is 3. The average Bonchev–Trinajstić information content (AvgIpc) is 3.22. The van der Waals surface area contributed by atoms with Crippen molar-refractivity contribution in [1.82, 2.24) is 9.97 Å². The first kappa shape index (κ1) is 48.6. The largest absolute Gasteiger partial charge is 0.469 e. The number of aryl methyl sites for hydroxylation is 4. The van der Waals surface area contributed by atoms with Crippen LogP contribution in [-0.4, -0.2) is 39.7 Å². The molecule has 0 amide bonds. The SMILES string of the molecule is CC.CC.CC.CC.COC(=O)Cc1ccc(CCC(=O)CCc2cccnc2)cc1.O=C(CCc1ccc(CO)cc1)CCc1cccnc1. The number of ketones is 2. The summed E-state index contributed by atoms with van der Waals surface area (Å²) in [7, 11) is 1.38. The van der Waals surface area contributed by atoms with Gasteiger partial charge in [0.05, 0.1) is 20.1 Å². The summed E-state index contributed by atoms with van der Waals surface area (Å²) in [5.74, 6) is 0.288. The predicted molar refractivity (Wildman–Crippen MR) is 212 cm³/mol. The number of aromatic nitrogens is 2. The van der Waals surface area contributed by atoms with E-state index < -0.39 is 0 Å². The normalized spacial score (nSPS) is 9.22. The van der Waals surface area contributed by atoms with Crippen molar-refractivity contribution in [3.8, 4) is 0 Å². The highest BCUT2D eigenvalue weighted by molar-refractivity contribution is 5.79. The number of hydrogen-bond acceptors (Lipinski definition) is 7. The molecule has 0 aliphatic rings. The van der Waals surface area contributed by atoms with Crippen LogP contribution in [0.3, 0.4) is 0 Å². The summed E-state index contributed by atoms with van der Waals surface area (Å²) in [6.45, 7) is 16.1. The maximum Gasteiger partial charge on any atom is 0.309 e. The van der Waals surface area contributed by atoms with Crippen molar-refractivity contribution >= 4 is 17.5 Å². The van der Waals surface area contributed by atoms with E-state index >= 15 is 0 Å². The minimum Gasteiger partial charge on any atom is -0.469 e. The van der Waals surface area contributed by atoms with E-state index in [9.17, 15) is 14.4 Å². The zero-order chi connectivity index (χ0) is 38.7. The van der Waals surface area contributed by atoms with Gasteiger partial charge in [-0.2, -0.15) is 0 Å². The van der Waals surface area contributed by atoms with E-state index in [4.69, 9.17) is 5.11 Å². The molecule has 280 valence electrons. The third-order valence-corrected chi connectivity index (χ3v) is 7.02. The van der Waals surface area contributed by atoms with Crippen LogP contribution in [0.4, 0.5) is 0 Å². The van der Waals surface area contributed by atoms with E-state index in [0.29, 0.717) is 25.7 Å². The van der Waals surface area contributed by atoms with Crippen molar-refractivity contribution in [2.24, 2.45) is 0 Å². The second-order valence-corrected chi connectivity index (χ2v) is 10.3.